The van der Waals surface area contributed by atoms with Crippen LogP contribution >= 0.6 is 0 Å². The van der Waals surface area contributed by atoms with Gasteiger partial charge in [-0.15, -0.1) is 6.58 Å². The van der Waals surface area contributed by atoms with Gasteiger partial charge in [0.2, 0.25) is 15.9 Å². The van der Waals surface area contributed by atoms with Gasteiger partial charge < -0.3 is 10.1 Å². The first-order valence-corrected chi connectivity index (χ1v) is 9.61. The Bertz CT molecular complexity index is 695. The molecule has 1 N–H and O–H groups in total. The van der Waals surface area contributed by atoms with Crippen LogP contribution in [-0.2, 0) is 14.8 Å². The Balaban J connectivity index is 1.98. The van der Waals surface area contributed by atoms with Crippen LogP contribution in [0, 0.1) is 0 Å². The minimum Gasteiger partial charge on any atom is -0.497 e. The molecule has 25 heavy (non-hydrogen) atoms. The standard InChI is InChI=1S/C17H25N3O4S/c1-4-9-18-17(21)14(2)19-10-12-20(13-11-19)25(22,23)16-7-5-15(24-3)6-8-16/h4-8,14H,1,9-13H2,2-3H3,(H,18,21)/t14-/m1/s1. The van der Waals surface area contributed by atoms with Gasteiger partial charge in [-0.05, 0) is 31.2 Å². The number of piperazine rings is 1. The van der Waals surface area contributed by atoms with E-state index in [9.17, 15) is 13.2 Å². The van der Waals surface area contributed by atoms with Crippen molar-refractivity contribution in [2.45, 2.75) is 17.9 Å². The molecule has 8 heteroatoms. The number of nitrogens with zero attached hydrogens (tertiary/aromatic N) is 2. The van der Waals surface area contributed by atoms with Crippen LogP contribution in [0.2, 0.25) is 0 Å². The van der Waals surface area contributed by atoms with Gasteiger partial charge >= 0.3 is 0 Å². The molecule has 1 saturated heterocycles. The van der Waals surface area contributed by atoms with E-state index >= 15 is 0 Å². The lowest BCUT2D eigenvalue weighted by molar-refractivity contribution is -0.126. The predicted molar refractivity (Wildman–Crippen MR) is 96.0 cm³/mol. The van der Waals surface area contributed by atoms with Crippen molar-refractivity contribution in [1.82, 2.24) is 14.5 Å². The summed E-state index contributed by atoms with van der Waals surface area (Å²) in [5.41, 5.74) is 0. The topological polar surface area (TPSA) is 79.0 Å². The van der Waals surface area contributed by atoms with Crippen LogP contribution in [0.1, 0.15) is 6.92 Å². The molecule has 1 atom stereocenters. The number of methoxy groups -OCH3 is 1. The Labute approximate surface area is 149 Å². The highest BCUT2D eigenvalue weighted by Gasteiger charge is 2.31. The molecule has 1 aromatic carbocycles. The second kappa shape index (κ2) is 8.46. The molecule has 1 fully saturated rings. The minimum atomic E-state index is -3.53. The molecule has 1 aromatic rings. The first-order chi connectivity index (χ1) is 11.9. The molecule has 0 spiro atoms. The number of nitrogens with one attached hydrogen (secondary N) is 1. The third-order valence-electron chi connectivity index (χ3n) is 4.32. The van der Waals surface area contributed by atoms with Crippen molar-refractivity contribution in [2.24, 2.45) is 0 Å². The average molecular weight is 367 g/mol. The molecule has 0 aromatic heterocycles. The fourth-order valence-electron chi connectivity index (χ4n) is 2.71. The van der Waals surface area contributed by atoms with E-state index < -0.39 is 10.0 Å². The van der Waals surface area contributed by atoms with Gasteiger partial charge in [-0.1, -0.05) is 6.08 Å². The molecule has 138 valence electrons. The van der Waals surface area contributed by atoms with Crippen molar-refractivity contribution in [2.75, 3.05) is 39.8 Å². The van der Waals surface area contributed by atoms with E-state index in [2.05, 4.69) is 11.9 Å². The molecule has 1 amide bonds. The van der Waals surface area contributed by atoms with Crippen molar-refractivity contribution < 1.29 is 17.9 Å². The number of hydrogen-bond acceptors (Lipinski definition) is 5. The molecule has 0 radical (unpaired) electrons. The third kappa shape index (κ3) is 4.59. The molecule has 1 aliphatic rings. The minimum absolute atomic E-state index is 0.0774. The van der Waals surface area contributed by atoms with Gasteiger partial charge in [0.1, 0.15) is 5.75 Å². The van der Waals surface area contributed by atoms with Crippen LogP contribution in [0.25, 0.3) is 0 Å². The zero-order valence-corrected chi connectivity index (χ0v) is 15.5. The Morgan fingerprint density at radius 2 is 1.88 bits per heavy atom. The van der Waals surface area contributed by atoms with Crippen molar-refractivity contribution in [1.29, 1.82) is 0 Å². The maximum Gasteiger partial charge on any atom is 0.243 e. The van der Waals surface area contributed by atoms with Gasteiger partial charge in [0.05, 0.1) is 18.0 Å². The van der Waals surface area contributed by atoms with Gasteiger partial charge in [-0.3, -0.25) is 9.69 Å². The lowest BCUT2D eigenvalue weighted by Crippen LogP contribution is -2.54. The van der Waals surface area contributed by atoms with E-state index in [0.29, 0.717) is 38.5 Å². The lowest BCUT2D eigenvalue weighted by Gasteiger charge is -2.36. The molecule has 1 heterocycles. The van der Waals surface area contributed by atoms with Crippen molar-refractivity contribution in [3.63, 3.8) is 0 Å². The summed E-state index contributed by atoms with van der Waals surface area (Å²) >= 11 is 0. The number of ether oxygens (including phenoxy) is 1. The van der Waals surface area contributed by atoms with Crippen LogP contribution in [-0.4, -0.2) is 69.4 Å². The summed E-state index contributed by atoms with van der Waals surface area (Å²) in [6, 6.07) is 6.06. The molecule has 0 aliphatic carbocycles. The smallest absolute Gasteiger partial charge is 0.243 e. The monoisotopic (exact) mass is 367 g/mol. The number of carbonyl (C=O) groups is 1. The highest BCUT2D eigenvalue weighted by atomic mass is 32.2. The average Bonchev–Trinajstić information content (AvgIpc) is 2.65. The van der Waals surface area contributed by atoms with Crippen LogP contribution in [0.3, 0.4) is 0 Å². The summed E-state index contributed by atoms with van der Waals surface area (Å²) in [7, 11) is -2.00. The highest BCUT2D eigenvalue weighted by Crippen LogP contribution is 2.21. The largest absolute Gasteiger partial charge is 0.497 e. The van der Waals surface area contributed by atoms with Crippen LogP contribution < -0.4 is 10.1 Å². The van der Waals surface area contributed by atoms with E-state index in [4.69, 9.17) is 4.74 Å². The number of benzene rings is 1. The fourth-order valence-corrected chi connectivity index (χ4v) is 4.14. The summed E-state index contributed by atoms with van der Waals surface area (Å²) in [6.07, 6.45) is 1.63. The van der Waals surface area contributed by atoms with E-state index in [1.165, 1.54) is 11.4 Å². The van der Waals surface area contributed by atoms with Crippen LogP contribution in [0.5, 0.6) is 5.75 Å². The summed E-state index contributed by atoms with van der Waals surface area (Å²) in [6.45, 7) is 7.56. The zero-order chi connectivity index (χ0) is 18.4. The van der Waals surface area contributed by atoms with Gasteiger partial charge in [0, 0.05) is 32.7 Å². The van der Waals surface area contributed by atoms with Gasteiger partial charge in [0.15, 0.2) is 0 Å². The molecule has 7 nitrogen and oxygen atoms in total. The summed E-state index contributed by atoms with van der Waals surface area (Å²) in [5, 5.41) is 2.77. The van der Waals surface area contributed by atoms with E-state index in [1.807, 2.05) is 11.8 Å². The second-order valence-electron chi connectivity index (χ2n) is 5.83. The Kier molecular flexibility index (Phi) is 6.57. The Morgan fingerprint density at radius 3 is 2.40 bits per heavy atom. The molecule has 0 saturated carbocycles. The highest BCUT2D eigenvalue weighted by molar-refractivity contribution is 7.89. The van der Waals surface area contributed by atoms with Crippen molar-refractivity contribution >= 4 is 15.9 Å². The number of sulfonamides is 1. The van der Waals surface area contributed by atoms with Crippen molar-refractivity contribution in [3.8, 4) is 5.75 Å². The number of carbonyl (C=O) groups excluding carboxylic acids is 1. The molecule has 0 bridgehead atoms. The first-order valence-electron chi connectivity index (χ1n) is 8.17. The van der Waals surface area contributed by atoms with E-state index in [1.54, 1.807) is 30.3 Å². The SMILES string of the molecule is C=CCNC(=O)[C@@H](C)N1CCN(S(=O)(=O)c2ccc(OC)cc2)CC1. The molecule has 2 rings (SSSR count). The van der Waals surface area contributed by atoms with Gasteiger partial charge in [-0.2, -0.15) is 4.31 Å². The van der Waals surface area contributed by atoms with Crippen LogP contribution in [0.4, 0.5) is 0 Å². The first kappa shape index (κ1) is 19.4. The van der Waals surface area contributed by atoms with E-state index in [0.717, 1.165) is 0 Å². The molecule has 0 unspecified atom stereocenters. The maximum atomic E-state index is 12.7. The quantitative estimate of drug-likeness (QED) is 0.718. The van der Waals surface area contributed by atoms with Gasteiger partial charge in [0.25, 0.3) is 0 Å². The maximum absolute atomic E-state index is 12.7. The molecule has 1 aliphatic heterocycles. The fraction of sp³-hybridized carbons (Fsp3) is 0.471. The van der Waals surface area contributed by atoms with Gasteiger partial charge in [-0.25, -0.2) is 8.42 Å². The third-order valence-corrected chi connectivity index (χ3v) is 6.23. The normalized spacial score (nSPS) is 17.7. The number of amides is 1. The Morgan fingerprint density at radius 1 is 1.28 bits per heavy atom. The summed E-state index contributed by atoms with van der Waals surface area (Å²) < 4.78 is 31.9. The Hall–Kier alpha value is -1.90. The summed E-state index contributed by atoms with van der Waals surface area (Å²) in [4.78, 5) is 14.3. The van der Waals surface area contributed by atoms with Crippen LogP contribution in [0.15, 0.2) is 41.8 Å². The second-order valence-corrected chi connectivity index (χ2v) is 7.76. The number of hydrogen-bond donors (Lipinski definition) is 1. The number of rotatable bonds is 7. The molecular weight excluding hydrogens is 342 g/mol. The predicted octanol–water partition coefficient (Wildman–Crippen LogP) is 0.692. The lowest BCUT2D eigenvalue weighted by atomic mass is 10.2. The van der Waals surface area contributed by atoms with E-state index in [-0.39, 0.29) is 16.8 Å². The van der Waals surface area contributed by atoms with Crippen molar-refractivity contribution in [3.05, 3.63) is 36.9 Å². The summed E-state index contributed by atoms with van der Waals surface area (Å²) in [5.74, 6) is 0.537. The molecular formula is C17H25N3O4S. The zero-order valence-electron chi connectivity index (χ0n) is 14.6.